The predicted octanol–water partition coefficient (Wildman–Crippen LogP) is 3.41. The first-order valence-corrected chi connectivity index (χ1v) is 4.51. The van der Waals surface area contributed by atoms with Crippen molar-refractivity contribution in [3.05, 3.63) is 35.1 Å². The average Bonchev–Trinajstić information content (AvgIpc) is 2.13. The lowest BCUT2D eigenvalue weighted by Gasteiger charge is -2.19. The van der Waals surface area contributed by atoms with Gasteiger partial charge in [0, 0.05) is 5.56 Å². The van der Waals surface area contributed by atoms with Crippen molar-refractivity contribution in [3.8, 4) is 0 Å². The Bertz CT molecular complexity index is 466. The van der Waals surface area contributed by atoms with Crippen LogP contribution in [0.4, 0.5) is 26.3 Å². The zero-order valence-corrected chi connectivity index (χ0v) is 8.56. The molecule has 0 aliphatic rings. The van der Waals surface area contributed by atoms with E-state index in [0.717, 1.165) is 0 Å². The van der Waals surface area contributed by atoms with Crippen LogP contribution in [0.3, 0.4) is 0 Å². The molecule has 0 saturated heterocycles. The zero-order valence-electron chi connectivity index (χ0n) is 8.56. The Morgan fingerprint density at radius 3 is 2.11 bits per heavy atom. The van der Waals surface area contributed by atoms with E-state index in [9.17, 15) is 31.1 Å². The van der Waals surface area contributed by atoms with Gasteiger partial charge in [0.15, 0.2) is 0 Å². The molecule has 1 aromatic carbocycles. The summed E-state index contributed by atoms with van der Waals surface area (Å²) in [5.41, 5.74) is -3.44. The number of benzene rings is 1. The Morgan fingerprint density at radius 1 is 1.11 bits per heavy atom. The molecule has 0 heterocycles. The number of carboxylic acids is 1. The van der Waals surface area contributed by atoms with Crippen LogP contribution in [-0.2, 0) is 16.9 Å². The molecule has 0 bridgehead atoms. The van der Waals surface area contributed by atoms with E-state index >= 15 is 0 Å². The highest BCUT2D eigenvalue weighted by Crippen LogP contribution is 2.41. The molecule has 2 nitrogen and oxygen atoms in total. The molecule has 8 heteroatoms. The molecule has 18 heavy (non-hydrogen) atoms. The van der Waals surface area contributed by atoms with E-state index in [2.05, 4.69) is 0 Å². The largest absolute Gasteiger partial charge is 0.481 e. The first kappa shape index (κ1) is 14.3. The molecule has 0 fully saturated rings. The molecule has 0 aromatic heterocycles. The van der Waals surface area contributed by atoms with Gasteiger partial charge in [-0.25, -0.2) is 13.2 Å². The third kappa shape index (κ3) is 3.14. The van der Waals surface area contributed by atoms with Gasteiger partial charge in [0.2, 0.25) is 0 Å². The zero-order chi connectivity index (χ0) is 14.1. The Hall–Kier alpha value is -1.73. The Balaban J connectivity index is 3.36. The van der Waals surface area contributed by atoms with E-state index in [0.29, 0.717) is 6.07 Å². The van der Waals surface area contributed by atoms with Crippen LogP contribution in [0.2, 0.25) is 0 Å². The van der Waals surface area contributed by atoms with Crippen LogP contribution in [0.15, 0.2) is 18.2 Å². The molecule has 1 aromatic rings. The van der Waals surface area contributed by atoms with Crippen LogP contribution in [0.1, 0.15) is 17.5 Å². The summed E-state index contributed by atoms with van der Waals surface area (Å²) in [6.07, 6.45) is -7.00. The second-order valence-electron chi connectivity index (χ2n) is 3.46. The highest BCUT2D eigenvalue weighted by molar-refractivity contribution is 5.68. The van der Waals surface area contributed by atoms with Crippen LogP contribution in [0.25, 0.3) is 0 Å². The Morgan fingerprint density at radius 2 is 1.67 bits per heavy atom. The van der Waals surface area contributed by atoms with E-state index in [1.54, 1.807) is 0 Å². The van der Waals surface area contributed by atoms with Gasteiger partial charge < -0.3 is 5.11 Å². The molecule has 0 atom stereocenters. The van der Waals surface area contributed by atoms with Crippen molar-refractivity contribution in [2.75, 3.05) is 0 Å². The number of hydrogen-bond donors (Lipinski definition) is 1. The summed E-state index contributed by atoms with van der Waals surface area (Å²) >= 11 is 0. The quantitative estimate of drug-likeness (QED) is 0.856. The molecule has 0 amide bonds. The van der Waals surface area contributed by atoms with Gasteiger partial charge in [0.25, 0.3) is 5.92 Å². The van der Waals surface area contributed by atoms with Crippen LogP contribution in [0.5, 0.6) is 0 Å². The molecule has 1 N–H and O–H groups in total. The standard InChI is InChI=1S/C10H6F6O2/c11-5-1-2-6(7(3-5)10(14,15)16)9(12,13)4-8(17)18/h1-3H,4H2,(H,17,18). The minimum atomic E-state index is -5.20. The number of hydrogen-bond acceptors (Lipinski definition) is 1. The maximum atomic E-state index is 13.3. The highest BCUT2D eigenvalue weighted by Gasteiger charge is 2.44. The normalized spacial score (nSPS) is 12.6. The van der Waals surface area contributed by atoms with Crippen LogP contribution in [-0.4, -0.2) is 11.1 Å². The third-order valence-corrected chi connectivity index (χ3v) is 2.05. The summed E-state index contributed by atoms with van der Waals surface area (Å²) in [7, 11) is 0. The van der Waals surface area contributed by atoms with Crippen molar-refractivity contribution in [1.29, 1.82) is 0 Å². The summed E-state index contributed by atoms with van der Waals surface area (Å²) < 4.78 is 76.7. The number of alkyl halides is 5. The first-order valence-electron chi connectivity index (χ1n) is 4.51. The molecule has 0 unspecified atom stereocenters. The van der Waals surface area contributed by atoms with E-state index in [-0.39, 0.29) is 12.1 Å². The SMILES string of the molecule is O=C(O)CC(F)(F)c1ccc(F)cc1C(F)(F)F. The predicted molar refractivity (Wildman–Crippen MR) is 47.5 cm³/mol. The summed E-state index contributed by atoms with van der Waals surface area (Å²) in [6, 6.07) is 0.562. The van der Waals surface area contributed by atoms with Crippen molar-refractivity contribution < 1.29 is 36.2 Å². The highest BCUT2D eigenvalue weighted by atomic mass is 19.4. The van der Waals surface area contributed by atoms with Gasteiger partial charge in [-0.2, -0.15) is 13.2 Å². The summed E-state index contributed by atoms with van der Waals surface area (Å²) in [5.74, 6) is -7.53. The number of aliphatic carboxylic acids is 1. The van der Waals surface area contributed by atoms with Crippen LogP contribution in [0, 0.1) is 5.82 Å². The number of carbonyl (C=O) groups is 1. The van der Waals surface area contributed by atoms with E-state index < -0.39 is 41.4 Å². The lowest BCUT2D eigenvalue weighted by molar-refractivity contribution is -0.151. The fourth-order valence-electron chi connectivity index (χ4n) is 1.36. The van der Waals surface area contributed by atoms with Gasteiger partial charge in [-0.3, -0.25) is 4.79 Å². The van der Waals surface area contributed by atoms with Gasteiger partial charge in [-0.15, -0.1) is 0 Å². The topological polar surface area (TPSA) is 37.3 Å². The van der Waals surface area contributed by atoms with E-state index in [4.69, 9.17) is 5.11 Å². The fraction of sp³-hybridized carbons (Fsp3) is 0.300. The molecule has 100 valence electrons. The van der Waals surface area contributed by atoms with E-state index in [1.165, 1.54) is 0 Å². The fourth-order valence-corrected chi connectivity index (χ4v) is 1.36. The molecule has 1 rings (SSSR count). The number of halogens is 6. The van der Waals surface area contributed by atoms with Gasteiger partial charge >= 0.3 is 12.1 Å². The molecular formula is C10H6F6O2. The van der Waals surface area contributed by atoms with Crippen molar-refractivity contribution in [2.24, 2.45) is 0 Å². The lowest BCUT2D eigenvalue weighted by atomic mass is 9.98. The summed E-state index contributed by atoms with van der Waals surface area (Å²) in [4.78, 5) is 10.2. The first-order chi connectivity index (χ1) is 8.04. The average molecular weight is 272 g/mol. The second-order valence-corrected chi connectivity index (χ2v) is 3.46. The van der Waals surface area contributed by atoms with Gasteiger partial charge in [0.05, 0.1) is 5.56 Å². The minimum absolute atomic E-state index is 0.0922. The smallest absolute Gasteiger partial charge is 0.416 e. The molecule has 0 spiro atoms. The van der Waals surface area contributed by atoms with Gasteiger partial charge in [-0.05, 0) is 18.2 Å². The molecular weight excluding hydrogens is 266 g/mol. The van der Waals surface area contributed by atoms with E-state index in [1.807, 2.05) is 0 Å². The van der Waals surface area contributed by atoms with Crippen molar-refractivity contribution >= 4 is 5.97 Å². The Labute approximate surface area is 96.8 Å². The summed E-state index contributed by atoms with van der Waals surface area (Å²) in [6.45, 7) is 0. The maximum Gasteiger partial charge on any atom is 0.416 e. The summed E-state index contributed by atoms with van der Waals surface area (Å²) in [5, 5.41) is 8.22. The van der Waals surface area contributed by atoms with Crippen molar-refractivity contribution in [2.45, 2.75) is 18.5 Å². The maximum absolute atomic E-state index is 13.3. The molecule has 0 saturated carbocycles. The molecule has 0 aliphatic heterocycles. The Kier molecular flexibility index (Phi) is 3.59. The number of rotatable bonds is 3. The van der Waals surface area contributed by atoms with Crippen molar-refractivity contribution in [1.82, 2.24) is 0 Å². The molecule has 0 aliphatic carbocycles. The van der Waals surface area contributed by atoms with Gasteiger partial charge in [0.1, 0.15) is 12.2 Å². The van der Waals surface area contributed by atoms with Crippen LogP contribution >= 0.6 is 0 Å². The minimum Gasteiger partial charge on any atom is -0.481 e. The van der Waals surface area contributed by atoms with Crippen molar-refractivity contribution in [3.63, 3.8) is 0 Å². The third-order valence-electron chi connectivity index (χ3n) is 2.05. The van der Waals surface area contributed by atoms with Gasteiger partial charge in [-0.1, -0.05) is 0 Å². The molecule has 0 radical (unpaired) electrons. The second kappa shape index (κ2) is 4.51. The number of carboxylic acid groups (broad SMARTS) is 1. The lowest BCUT2D eigenvalue weighted by Crippen LogP contribution is -2.23. The van der Waals surface area contributed by atoms with Crippen LogP contribution < -0.4 is 0 Å². The monoisotopic (exact) mass is 272 g/mol.